The first-order valence-corrected chi connectivity index (χ1v) is 7.04. The molecule has 0 aliphatic carbocycles. The molecule has 0 heterocycles. The van der Waals surface area contributed by atoms with Gasteiger partial charge in [-0.2, -0.15) is 0 Å². The number of hydrogen-bond acceptors (Lipinski definition) is 3. The van der Waals surface area contributed by atoms with Crippen LogP contribution < -0.4 is 11.1 Å². The Bertz CT molecular complexity index is 589. The maximum atomic E-state index is 11.8. The Morgan fingerprint density at radius 1 is 1.21 bits per heavy atom. The van der Waals surface area contributed by atoms with Gasteiger partial charge in [0.25, 0.3) is 0 Å². The Labute approximate surface area is 121 Å². The number of rotatable bonds is 4. The molecule has 0 saturated carbocycles. The topological polar surface area (TPSA) is 55.1 Å². The maximum absolute atomic E-state index is 11.8. The molecule has 3 N–H and O–H groups in total. The fourth-order valence-corrected chi connectivity index (χ4v) is 2.45. The lowest BCUT2D eigenvalue weighted by atomic mass is 10.3. The Kier molecular flexibility index (Phi) is 4.71. The van der Waals surface area contributed by atoms with Crippen LogP contribution in [0.4, 0.5) is 11.4 Å². The molecule has 0 aliphatic rings. The van der Waals surface area contributed by atoms with Crippen molar-refractivity contribution < 1.29 is 4.79 Å². The van der Waals surface area contributed by atoms with Crippen LogP contribution in [0.25, 0.3) is 0 Å². The van der Waals surface area contributed by atoms with E-state index in [2.05, 4.69) is 5.32 Å². The molecule has 0 bridgehead atoms. The first kappa shape index (κ1) is 13.8. The second kappa shape index (κ2) is 6.50. The van der Waals surface area contributed by atoms with E-state index in [1.54, 1.807) is 12.1 Å². The minimum absolute atomic E-state index is 0.0967. The minimum Gasteiger partial charge on any atom is -0.399 e. The summed E-state index contributed by atoms with van der Waals surface area (Å²) in [6, 6.07) is 14.6. The van der Waals surface area contributed by atoms with Crippen LogP contribution in [0.1, 0.15) is 0 Å². The van der Waals surface area contributed by atoms with Gasteiger partial charge in [0.15, 0.2) is 0 Å². The number of benzene rings is 2. The van der Waals surface area contributed by atoms with Crippen molar-refractivity contribution in [3.8, 4) is 0 Å². The van der Waals surface area contributed by atoms with Gasteiger partial charge >= 0.3 is 0 Å². The van der Waals surface area contributed by atoms with Crippen LogP contribution in [0.5, 0.6) is 0 Å². The summed E-state index contributed by atoms with van der Waals surface area (Å²) in [5.41, 5.74) is 7.00. The normalized spacial score (nSPS) is 10.2. The van der Waals surface area contributed by atoms with Gasteiger partial charge in [-0.05, 0) is 30.3 Å². The van der Waals surface area contributed by atoms with Gasteiger partial charge in [-0.15, -0.1) is 11.8 Å². The van der Waals surface area contributed by atoms with Crippen molar-refractivity contribution in [3.05, 3.63) is 53.6 Å². The summed E-state index contributed by atoms with van der Waals surface area (Å²) in [7, 11) is 0. The molecule has 1 amide bonds. The monoisotopic (exact) mass is 292 g/mol. The van der Waals surface area contributed by atoms with E-state index in [4.69, 9.17) is 17.3 Å². The van der Waals surface area contributed by atoms with Crippen LogP contribution in [-0.2, 0) is 4.79 Å². The zero-order valence-electron chi connectivity index (χ0n) is 10.1. The van der Waals surface area contributed by atoms with Gasteiger partial charge in [-0.25, -0.2) is 0 Å². The highest BCUT2D eigenvalue weighted by Crippen LogP contribution is 2.23. The maximum Gasteiger partial charge on any atom is 0.234 e. The summed E-state index contributed by atoms with van der Waals surface area (Å²) >= 11 is 7.40. The van der Waals surface area contributed by atoms with Gasteiger partial charge in [0.05, 0.1) is 16.5 Å². The number of thioether (sulfide) groups is 1. The van der Waals surface area contributed by atoms with Crippen molar-refractivity contribution >= 4 is 40.6 Å². The number of anilines is 2. The number of halogens is 1. The zero-order valence-corrected chi connectivity index (χ0v) is 11.7. The van der Waals surface area contributed by atoms with E-state index in [1.165, 1.54) is 11.8 Å². The molecule has 5 heteroatoms. The number of nitrogens with one attached hydrogen (secondary N) is 1. The molecule has 0 aliphatic heterocycles. The molecule has 98 valence electrons. The van der Waals surface area contributed by atoms with E-state index < -0.39 is 0 Å². The van der Waals surface area contributed by atoms with Crippen molar-refractivity contribution in [1.29, 1.82) is 0 Å². The summed E-state index contributed by atoms with van der Waals surface area (Å²) < 4.78 is 0. The van der Waals surface area contributed by atoms with Crippen molar-refractivity contribution in [1.82, 2.24) is 0 Å². The van der Waals surface area contributed by atoms with Gasteiger partial charge in [0, 0.05) is 10.6 Å². The lowest BCUT2D eigenvalue weighted by molar-refractivity contribution is -0.113. The fourth-order valence-electron chi connectivity index (χ4n) is 1.50. The molecule has 0 fully saturated rings. The van der Waals surface area contributed by atoms with Crippen LogP contribution in [-0.4, -0.2) is 11.7 Å². The lowest BCUT2D eigenvalue weighted by Crippen LogP contribution is -2.14. The summed E-state index contributed by atoms with van der Waals surface area (Å²) in [5.74, 6) is 0.217. The number of nitrogens with two attached hydrogens (primary N) is 1. The van der Waals surface area contributed by atoms with Gasteiger partial charge in [0.1, 0.15) is 0 Å². The van der Waals surface area contributed by atoms with Crippen LogP contribution in [0.15, 0.2) is 53.4 Å². The third-order valence-corrected chi connectivity index (χ3v) is 3.70. The molecule has 19 heavy (non-hydrogen) atoms. The van der Waals surface area contributed by atoms with E-state index in [-0.39, 0.29) is 5.91 Å². The zero-order chi connectivity index (χ0) is 13.7. The standard InChI is InChI=1S/C14H13ClN2OS/c15-12-6-1-2-7-13(12)17-14(18)9-19-11-5-3-4-10(16)8-11/h1-8H,9,16H2,(H,17,18). The van der Waals surface area contributed by atoms with Gasteiger partial charge in [-0.1, -0.05) is 29.8 Å². The molecule has 0 radical (unpaired) electrons. The Morgan fingerprint density at radius 3 is 2.74 bits per heavy atom. The number of hydrogen-bond donors (Lipinski definition) is 2. The molecule has 2 aromatic carbocycles. The van der Waals surface area contributed by atoms with Crippen molar-refractivity contribution in [2.24, 2.45) is 0 Å². The van der Waals surface area contributed by atoms with Crippen LogP contribution in [0, 0.1) is 0 Å². The van der Waals surface area contributed by atoms with Gasteiger partial charge < -0.3 is 11.1 Å². The molecule has 0 unspecified atom stereocenters. The highest BCUT2D eigenvalue weighted by Gasteiger charge is 2.06. The number of carbonyl (C=O) groups excluding carboxylic acids is 1. The van der Waals surface area contributed by atoms with Gasteiger partial charge in [-0.3, -0.25) is 4.79 Å². The van der Waals surface area contributed by atoms with E-state index in [0.717, 1.165) is 4.90 Å². The average Bonchev–Trinajstić information content (AvgIpc) is 2.39. The van der Waals surface area contributed by atoms with E-state index in [0.29, 0.717) is 22.2 Å². The summed E-state index contributed by atoms with van der Waals surface area (Å²) in [4.78, 5) is 12.8. The second-order valence-corrected chi connectivity index (χ2v) is 5.35. The van der Waals surface area contributed by atoms with Crippen LogP contribution in [0.3, 0.4) is 0 Å². The molecule has 0 aromatic heterocycles. The van der Waals surface area contributed by atoms with E-state index in [1.807, 2.05) is 36.4 Å². The molecule has 3 nitrogen and oxygen atoms in total. The molecule has 2 aromatic rings. The minimum atomic E-state index is -0.0967. The number of carbonyl (C=O) groups is 1. The molecule has 0 spiro atoms. The van der Waals surface area contributed by atoms with E-state index >= 15 is 0 Å². The Hall–Kier alpha value is -1.65. The van der Waals surface area contributed by atoms with Crippen molar-refractivity contribution in [3.63, 3.8) is 0 Å². The average molecular weight is 293 g/mol. The largest absolute Gasteiger partial charge is 0.399 e. The van der Waals surface area contributed by atoms with Crippen LogP contribution >= 0.6 is 23.4 Å². The first-order valence-electron chi connectivity index (χ1n) is 5.68. The Balaban J connectivity index is 1.90. The quantitative estimate of drug-likeness (QED) is 0.668. The predicted octanol–water partition coefficient (Wildman–Crippen LogP) is 3.65. The fraction of sp³-hybridized carbons (Fsp3) is 0.0714. The Morgan fingerprint density at radius 2 is 2.00 bits per heavy atom. The summed E-state index contributed by atoms with van der Waals surface area (Å²) in [6.07, 6.45) is 0. The number of para-hydroxylation sites is 1. The van der Waals surface area contributed by atoms with E-state index in [9.17, 15) is 4.79 Å². The molecule has 0 atom stereocenters. The first-order chi connectivity index (χ1) is 9.15. The predicted molar refractivity (Wildman–Crippen MR) is 81.7 cm³/mol. The van der Waals surface area contributed by atoms with Crippen LogP contribution in [0.2, 0.25) is 5.02 Å². The SMILES string of the molecule is Nc1cccc(SCC(=O)Nc2ccccc2Cl)c1. The third-order valence-electron chi connectivity index (χ3n) is 2.38. The highest BCUT2D eigenvalue weighted by molar-refractivity contribution is 8.00. The second-order valence-electron chi connectivity index (χ2n) is 3.89. The smallest absolute Gasteiger partial charge is 0.234 e. The molecule has 0 saturated heterocycles. The molecular weight excluding hydrogens is 280 g/mol. The lowest BCUT2D eigenvalue weighted by Gasteiger charge is -2.07. The molecular formula is C14H13ClN2OS. The van der Waals surface area contributed by atoms with Crippen molar-refractivity contribution in [2.45, 2.75) is 4.90 Å². The van der Waals surface area contributed by atoms with Gasteiger partial charge in [0.2, 0.25) is 5.91 Å². The molecule has 2 rings (SSSR count). The number of nitrogen functional groups attached to an aromatic ring is 1. The highest BCUT2D eigenvalue weighted by atomic mass is 35.5. The van der Waals surface area contributed by atoms with Crippen molar-refractivity contribution in [2.75, 3.05) is 16.8 Å². The summed E-state index contributed by atoms with van der Waals surface area (Å²) in [6.45, 7) is 0. The number of amides is 1. The third kappa shape index (κ3) is 4.19. The summed E-state index contributed by atoms with van der Waals surface area (Å²) in [5, 5.41) is 3.30.